The number of nitrogens with zero attached hydrogens (tertiary/aromatic N) is 3. The number of ether oxygens (including phenoxy) is 1. The van der Waals surface area contributed by atoms with Gasteiger partial charge in [0.25, 0.3) is 0 Å². The Hall–Kier alpha value is -0.860. The molecule has 1 fully saturated rings. The number of aryl methyl sites for hydroxylation is 1. The van der Waals surface area contributed by atoms with Crippen molar-refractivity contribution in [3.63, 3.8) is 0 Å². The van der Waals surface area contributed by atoms with Gasteiger partial charge in [-0.1, -0.05) is 0 Å². The number of aromatic nitrogens is 2. The van der Waals surface area contributed by atoms with Crippen LogP contribution in [0.15, 0.2) is 4.47 Å². The molecule has 1 saturated heterocycles. The van der Waals surface area contributed by atoms with Gasteiger partial charge in [-0.2, -0.15) is 10.4 Å². The molecule has 4 nitrogen and oxygen atoms in total. The zero-order valence-electron chi connectivity index (χ0n) is 8.53. The maximum Gasteiger partial charge on any atom is 0.176 e. The van der Waals surface area contributed by atoms with Gasteiger partial charge < -0.3 is 4.74 Å². The van der Waals surface area contributed by atoms with Crippen molar-refractivity contribution in [1.82, 2.24) is 9.78 Å². The van der Waals surface area contributed by atoms with Crippen LogP contribution in [0.5, 0.6) is 0 Å². The fraction of sp³-hybridized carbons (Fsp3) is 0.600. The first kappa shape index (κ1) is 10.7. The quantitative estimate of drug-likeness (QED) is 0.783. The van der Waals surface area contributed by atoms with Crippen molar-refractivity contribution in [3.8, 4) is 6.07 Å². The average Bonchev–Trinajstić information content (AvgIpc) is 2.55. The van der Waals surface area contributed by atoms with Crippen molar-refractivity contribution in [2.45, 2.75) is 18.8 Å². The Morgan fingerprint density at radius 3 is 2.73 bits per heavy atom. The van der Waals surface area contributed by atoms with E-state index in [4.69, 9.17) is 10.00 Å². The third-order valence-corrected chi connectivity index (χ3v) is 3.53. The molecule has 0 aromatic carbocycles. The summed E-state index contributed by atoms with van der Waals surface area (Å²) in [4.78, 5) is 0. The molecule has 5 heteroatoms. The van der Waals surface area contributed by atoms with Crippen LogP contribution in [0.25, 0.3) is 0 Å². The van der Waals surface area contributed by atoms with E-state index >= 15 is 0 Å². The van der Waals surface area contributed by atoms with Crippen LogP contribution in [-0.4, -0.2) is 23.0 Å². The zero-order chi connectivity index (χ0) is 10.8. The Labute approximate surface area is 97.0 Å². The van der Waals surface area contributed by atoms with Crippen LogP contribution in [0.1, 0.15) is 30.1 Å². The van der Waals surface area contributed by atoms with Gasteiger partial charge in [0.1, 0.15) is 6.07 Å². The van der Waals surface area contributed by atoms with E-state index in [9.17, 15) is 0 Å². The van der Waals surface area contributed by atoms with Crippen molar-refractivity contribution >= 4 is 15.9 Å². The van der Waals surface area contributed by atoms with E-state index in [0.29, 0.717) is 11.6 Å². The molecule has 0 spiro atoms. The number of hydrogen-bond donors (Lipinski definition) is 0. The summed E-state index contributed by atoms with van der Waals surface area (Å²) in [6, 6.07) is 2.09. The Bertz CT molecular complexity index is 402. The summed E-state index contributed by atoms with van der Waals surface area (Å²) in [7, 11) is 1.89. The lowest BCUT2D eigenvalue weighted by Crippen LogP contribution is -2.17. The number of nitriles is 1. The molecule has 1 aliphatic rings. The second-order valence-corrected chi connectivity index (χ2v) is 4.46. The molecule has 0 radical (unpaired) electrons. The first-order chi connectivity index (χ1) is 7.24. The lowest BCUT2D eigenvalue weighted by molar-refractivity contribution is 0.0836. The fourth-order valence-electron chi connectivity index (χ4n) is 2.00. The smallest absolute Gasteiger partial charge is 0.176 e. The highest BCUT2D eigenvalue weighted by Gasteiger charge is 2.24. The van der Waals surface area contributed by atoms with Crippen LogP contribution >= 0.6 is 15.9 Å². The lowest BCUT2D eigenvalue weighted by atomic mass is 9.96. The molecule has 0 atom stereocenters. The van der Waals surface area contributed by atoms with Crippen LogP contribution in [-0.2, 0) is 11.8 Å². The molecule has 2 rings (SSSR count). The third kappa shape index (κ3) is 1.92. The molecule has 0 unspecified atom stereocenters. The highest BCUT2D eigenvalue weighted by Crippen LogP contribution is 2.33. The molecule has 0 bridgehead atoms. The minimum Gasteiger partial charge on any atom is -0.381 e. The number of halogens is 1. The second-order valence-electron chi connectivity index (χ2n) is 3.67. The predicted molar refractivity (Wildman–Crippen MR) is 58.4 cm³/mol. The fourth-order valence-corrected chi connectivity index (χ4v) is 2.75. The lowest BCUT2D eigenvalue weighted by Gasteiger charge is -2.22. The molecule has 80 valence electrons. The topological polar surface area (TPSA) is 50.8 Å². The maximum absolute atomic E-state index is 8.87. The molecule has 0 saturated carbocycles. The van der Waals surface area contributed by atoms with Crippen LogP contribution in [0, 0.1) is 11.3 Å². The van der Waals surface area contributed by atoms with E-state index < -0.39 is 0 Å². The molecule has 1 aliphatic heterocycles. The summed E-state index contributed by atoms with van der Waals surface area (Å²) >= 11 is 3.45. The van der Waals surface area contributed by atoms with Gasteiger partial charge in [-0.05, 0) is 28.8 Å². The van der Waals surface area contributed by atoms with Crippen molar-refractivity contribution < 1.29 is 4.74 Å². The Morgan fingerprint density at radius 2 is 2.20 bits per heavy atom. The highest BCUT2D eigenvalue weighted by molar-refractivity contribution is 9.10. The molecule has 15 heavy (non-hydrogen) atoms. The number of hydrogen-bond acceptors (Lipinski definition) is 3. The van der Waals surface area contributed by atoms with Crippen LogP contribution in [0.4, 0.5) is 0 Å². The van der Waals surface area contributed by atoms with Gasteiger partial charge in [0, 0.05) is 26.2 Å². The van der Waals surface area contributed by atoms with Crippen molar-refractivity contribution in [1.29, 1.82) is 5.26 Å². The highest BCUT2D eigenvalue weighted by atomic mass is 79.9. The van der Waals surface area contributed by atoms with Gasteiger partial charge in [0.15, 0.2) is 5.69 Å². The Balaban J connectivity index is 2.34. The van der Waals surface area contributed by atoms with Gasteiger partial charge >= 0.3 is 0 Å². The van der Waals surface area contributed by atoms with Crippen molar-refractivity contribution in [3.05, 3.63) is 15.9 Å². The first-order valence-electron chi connectivity index (χ1n) is 4.94. The second kappa shape index (κ2) is 4.33. The van der Waals surface area contributed by atoms with Gasteiger partial charge in [-0.15, -0.1) is 0 Å². The summed E-state index contributed by atoms with van der Waals surface area (Å²) in [6.07, 6.45) is 2.01. The Kier molecular flexibility index (Phi) is 3.08. The molecular weight excluding hydrogens is 258 g/mol. The van der Waals surface area contributed by atoms with Crippen LogP contribution in [0.2, 0.25) is 0 Å². The summed E-state index contributed by atoms with van der Waals surface area (Å²) in [6.45, 7) is 1.59. The monoisotopic (exact) mass is 269 g/mol. The van der Waals surface area contributed by atoms with E-state index in [2.05, 4.69) is 27.1 Å². The zero-order valence-corrected chi connectivity index (χ0v) is 10.1. The summed E-state index contributed by atoms with van der Waals surface area (Å²) in [5, 5.41) is 13.0. The third-order valence-electron chi connectivity index (χ3n) is 2.75. The van der Waals surface area contributed by atoms with E-state index in [1.165, 1.54) is 0 Å². The van der Waals surface area contributed by atoms with E-state index in [1.807, 2.05) is 7.05 Å². The summed E-state index contributed by atoms with van der Waals surface area (Å²) in [5.74, 6) is 0.452. The van der Waals surface area contributed by atoms with Gasteiger partial charge in [-0.3, -0.25) is 4.68 Å². The summed E-state index contributed by atoms with van der Waals surface area (Å²) in [5.41, 5.74) is 1.59. The molecule has 0 amide bonds. The van der Waals surface area contributed by atoms with E-state index in [-0.39, 0.29) is 0 Å². The largest absolute Gasteiger partial charge is 0.381 e. The van der Waals surface area contributed by atoms with E-state index in [1.54, 1.807) is 4.68 Å². The molecule has 1 aromatic rings. The average molecular weight is 270 g/mol. The minimum atomic E-state index is 0.452. The summed E-state index contributed by atoms with van der Waals surface area (Å²) < 4.78 is 7.97. The predicted octanol–water partition coefficient (Wildman–Crippen LogP) is 1.95. The van der Waals surface area contributed by atoms with Crippen LogP contribution in [0.3, 0.4) is 0 Å². The van der Waals surface area contributed by atoms with Gasteiger partial charge in [-0.25, -0.2) is 0 Å². The molecule has 0 N–H and O–H groups in total. The standard InChI is InChI=1S/C10H12BrN3O/c1-14-10(7-2-4-15-5-3-7)9(11)8(6-12)13-14/h7H,2-5H2,1H3. The van der Waals surface area contributed by atoms with Gasteiger partial charge in [0.05, 0.1) is 10.2 Å². The van der Waals surface area contributed by atoms with Crippen molar-refractivity contribution in [2.75, 3.05) is 13.2 Å². The first-order valence-corrected chi connectivity index (χ1v) is 5.73. The minimum absolute atomic E-state index is 0.452. The molecule has 1 aromatic heterocycles. The molecular formula is C10H12BrN3O. The molecule has 2 heterocycles. The Morgan fingerprint density at radius 1 is 1.53 bits per heavy atom. The molecule has 0 aliphatic carbocycles. The van der Waals surface area contributed by atoms with Crippen LogP contribution < -0.4 is 0 Å². The van der Waals surface area contributed by atoms with Gasteiger partial charge in [0.2, 0.25) is 0 Å². The van der Waals surface area contributed by atoms with E-state index in [0.717, 1.165) is 36.2 Å². The number of rotatable bonds is 1. The normalized spacial score (nSPS) is 17.7. The maximum atomic E-state index is 8.87. The SMILES string of the molecule is Cn1nc(C#N)c(Br)c1C1CCOCC1. The van der Waals surface area contributed by atoms with Crippen molar-refractivity contribution in [2.24, 2.45) is 7.05 Å².